The van der Waals surface area contributed by atoms with E-state index in [2.05, 4.69) is 15.6 Å². The van der Waals surface area contributed by atoms with Crippen LogP contribution in [0.2, 0.25) is 0 Å². The number of nitrogens with zero attached hydrogens (tertiary/aromatic N) is 1. The molecule has 0 unspecified atom stereocenters. The van der Waals surface area contributed by atoms with Gasteiger partial charge in [-0.05, 0) is 56.2 Å². The molecule has 0 aliphatic carbocycles. The van der Waals surface area contributed by atoms with Crippen molar-refractivity contribution in [1.82, 2.24) is 10.6 Å². The summed E-state index contributed by atoms with van der Waals surface area (Å²) in [5.74, 6) is 1.64. The Hall–Kier alpha value is -0.540. The molecule has 1 aromatic rings. The first-order valence-corrected chi connectivity index (χ1v) is 9.15. The summed E-state index contributed by atoms with van der Waals surface area (Å²) in [6.07, 6.45) is 3.15. The van der Waals surface area contributed by atoms with E-state index in [0.29, 0.717) is 0 Å². The monoisotopic (exact) mass is 469 g/mol. The number of aliphatic imine (C=N–C) groups is 1. The van der Waals surface area contributed by atoms with Crippen molar-refractivity contribution < 1.29 is 9.13 Å². The molecule has 0 bridgehead atoms. The SMILES string of the molecule is CCOCCCCNC(=NC)NCCCSc1ccc(F)cc1.I. The minimum absolute atomic E-state index is 0. The van der Waals surface area contributed by atoms with E-state index in [-0.39, 0.29) is 29.8 Å². The molecule has 0 atom stereocenters. The fourth-order valence-electron chi connectivity index (χ4n) is 1.90. The molecule has 0 saturated heterocycles. The van der Waals surface area contributed by atoms with Gasteiger partial charge < -0.3 is 15.4 Å². The van der Waals surface area contributed by atoms with Crippen LogP contribution in [-0.4, -0.2) is 45.1 Å². The lowest BCUT2D eigenvalue weighted by Crippen LogP contribution is -2.38. The van der Waals surface area contributed by atoms with E-state index in [1.54, 1.807) is 18.8 Å². The van der Waals surface area contributed by atoms with Crippen LogP contribution in [0.1, 0.15) is 26.2 Å². The van der Waals surface area contributed by atoms with Crippen LogP contribution in [0.15, 0.2) is 34.2 Å². The van der Waals surface area contributed by atoms with Gasteiger partial charge in [0.25, 0.3) is 0 Å². The van der Waals surface area contributed by atoms with Crippen LogP contribution >= 0.6 is 35.7 Å². The summed E-state index contributed by atoms with van der Waals surface area (Å²) in [7, 11) is 1.78. The largest absolute Gasteiger partial charge is 0.382 e. The van der Waals surface area contributed by atoms with E-state index in [0.717, 1.165) is 62.2 Å². The highest BCUT2D eigenvalue weighted by Crippen LogP contribution is 2.18. The highest BCUT2D eigenvalue weighted by molar-refractivity contribution is 14.0. The van der Waals surface area contributed by atoms with E-state index in [1.165, 1.54) is 12.1 Å². The number of ether oxygens (including phenoxy) is 1. The number of hydrogen-bond acceptors (Lipinski definition) is 3. The molecule has 138 valence electrons. The summed E-state index contributed by atoms with van der Waals surface area (Å²) in [5, 5.41) is 6.60. The van der Waals surface area contributed by atoms with Gasteiger partial charge in [-0.3, -0.25) is 4.99 Å². The molecule has 0 radical (unpaired) electrons. The molecule has 7 heteroatoms. The third-order valence-electron chi connectivity index (χ3n) is 3.13. The summed E-state index contributed by atoms with van der Waals surface area (Å²) in [6.45, 7) is 5.39. The summed E-state index contributed by atoms with van der Waals surface area (Å²) >= 11 is 1.74. The van der Waals surface area contributed by atoms with Crippen LogP contribution in [0.25, 0.3) is 0 Å². The molecule has 0 spiro atoms. The molecular formula is C17H29FIN3OS. The molecule has 0 heterocycles. The van der Waals surface area contributed by atoms with Crippen LogP contribution in [0, 0.1) is 5.82 Å². The Kier molecular flexibility index (Phi) is 15.6. The Morgan fingerprint density at radius 2 is 1.79 bits per heavy atom. The molecule has 24 heavy (non-hydrogen) atoms. The first kappa shape index (κ1) is 23.5. The maximum atomic E-state index is 12.8. The normalized spacial score (nSPS) is 11.0. The molecule has 2 N–H and O–H groups in total. The number of hydrogen-bond donors (Lipinski definition) is 2. The molecule has 0 amide bonds. The van der Waals surface area contributed by atoms with Crippen molar-refractivity contribution in [1.29, 1.82) is 0 Å². The second-order valence-corrected chi connectivity index (χ2v) is 6.15. The number of unbranched alkanes of at least 4 members (excludes halogenated alkanes) is 1. The molecule has 0 aliphatic rings. The fraction of sp³-hybridized carbons (Fsp3) is 0.588. The summed E-state index contributed by atoms with van der Waals surface area (Å²) in [4.78, 5) is 5.30. The maximum absolute atomic E-state index is 12.8. The van der Waals surface area contributed by atoms with Crippen LogP contribution in [0.3, 0.4) is 0 Å². The van der Waals surface area contributed by atoms with Crippen LogP contribution < -0.4 is 10.6 Å². The first-order chi connectivity index (χ1) is 11.3. The number of benzene rings is 1. The molecule has 0 saturated carbocycles. The second kappa shape index (κ2) is 16.0. The van der Waals surface area contributed by atoms with Crippen LogP contribution in [0.5, 0.6) is 0 Å². The lowest BCUT2D eigenvalue weighted by molar-refractivity contribution is 0.143. The third kappa shape index (κ3) is 11.9. The van der Waals surface area contributed by atoms with E-state index in [1.807, 2.05) is 19.1 Å². The van der Waals surface area contributed by atoms with Crippen LogP contribution in [-0.2, 0) is 4.74 Å². The van der Waals surface area contributed by atoms with E-state index in [4.69, 9.17) is 4.74 Å². The zero-order valence-electron chi connectivity index (χ0n) is 14.5. The van der Waals surface area contributed by atoms with Crippen molar-refractivity contribution in [2.24, 2.45) is 4.99 Å². The van der Waals surface area contributed by atoms with E-state index < -0.39 is 0 Å². The Bertz CT molecular complexity index is 446. The highest BCUT2D eigenvalue weighted by Gasteiger charge is 1.98. The number of rotatable bonds is 11. The number of thioether (sulfide) groups is 1. The van der Waals surface area contributed by atoms with Gasteiger partial charge in [0, 0.05) is 38.2 Å². The second-order valence-electron chi connectivity index (χ2n) is 4.99. The zero-order chi connectivity index (χ0) is 16.8. The smallest absolute Gasteiger partial charge is 0.190 e. The van der Waals surface area contributed by atoms with Gasteiger partial charge in [-0.25, -0.2) is 4.39 Å². The molecule has 0 aromatic heterocycles. The highest BCUT2D eigenvalue weighted by atomic mass is 127. The summed E-state index contributed by atoms with van der Waals surface area (Å²) in [5.41, 5.74) is 0. The predicted octanol–water partition coefficient (Wildman–Crippen LogP) is 3.91. The van der Waals surface area contributed by atoms with Gasteiger partial charge in [-0.1, -0.05) is 0 Å². The third-order valence-corrected chi connectivity index (χ3v) is 4.23. The zero-order valence-corrected chi connectivity index (χ0v) is 17.7. The molecule has 1 aromatic carbocycles. The topological polar surface area (TPSA) is 45.6 Å². The number of guanidine groups is 1. The standard InChI is InChI=1S/C17H28FN3OS.HI/c1-3-22-13-5-4-11-20-17(19-2)21-12-6-14-23-16-9-7-15(18)8-10-16;/h7-10H,3-6,11-14H2,1-2H3,(H2,19,20,21);1H. The van der Waals surface area contributed by atoms with Gasteiger partial charge in [0.05, 0.1) is 0 Å². The van der Waals surface area contributed by atoms with Gasteiger partial charge in [-0.15, -0.1) is 35.7 Å². The van der Waals surface area contributed by atoms with Gasteiger partial charge >= 0.3 is 0 Å². The van der Waals surface area contributed by atoms with Gasteiger partial charge in [0.1, 0.15) is 5.82 Å². The molecular weight excluding hydrogens is 440 g/mol. The minimum atomic E-state index is -0.188. The van der Waals surface area contributed by atoms with Crippen molar-refractivity contribution in [3.05, 3.63) is 30.1 Å². The van der Waals surface area contributed by atoms with Gasteiger partial charge in [0.2, 0.25) is 0 Å². The molecule has 0 aliphatic heterocycles. The van der Waals surface area contributed by atoms with Gasteiger partial charge in [0.15, 0.2) is 5.96 Å². The molecule has 4 nitrogen and oxygen atoms in total. The molecule has 0 fully saturated rings. The fourth-order valence-corrected chi connectivity index (χ4v) is 2.75. The van der Waals surface area contributed by atoms with Crippen molar-refractivity contribution in [2.75, 3.05) is 39.1 Å². The molecule has 1 rings (SSSR count). The Balaban J connectivity index is 0.00000529. The Morgan fingerprint density at radius 1 is 1.12 bits per heavy atom. The minimum Gasteiger partial charge on any atom is -0.382 e. The lowest BCUT2D eigenvalue weighted by atomic mass is 10.3. The quantitative estimate of drug-likeness (QED) is 0.170. The van der Waals surface area contributed by atoms with Crippen molar-refractivity contribution >= 4 is 41.7 Å². The van der Waals surface area contributed by atoms with E-state index in [9.17, 15) is 4.39 Å². The van der Waals surface area contributed by atoms with Gasteiger partial charge in [-0.2, -0.15) is 0 Å². The van der Waals surface area contributed by atoms with Crippen molar-refractivity contribution in [2.45, 2.75) is 31.1 Å². The van der Waals surface area contributed by atoms with Crippen LogP contribution in [0.4, 0.5) is 4.39 Å². The Morgan fingerprint density at radius 3 is 2.42 bits per heavy atom. The Labute approximate surface area is 166 Å². The first-order valence-electron chi connectivity index (χ1n) is 8.17. The summed E-state index contributed by atoms with van der Waals surface area (Å²) < 4.78 is 18.1. The summed E-state index contributed by atoms with van der Waals surface area (Å²) in [6, 6.07) is 6.63. The van der Waals surface area contributed by atoms with Crippen molar-refractivity contribution in [3.63, 3.8) is 0 Å². The average Bonchev–Trinajstić information content (AvgIpc) is 2.57. The van der Waals surface area contributed by atoms with E-state index >= 15 is 0 Å². The predicted molar refractivity (Wildman–Crippen MR) is 112 cm³/mol. The van der Waals surface area contributed by atoms with Crippen molar-refractivity contribution in [3.8, 4) is 0 Å². The maximum Gasteiger partial charge on any atom is 0.190 e. The number of nitrogens with one attached hydrogen (secondary N) is 2. The lowest BCUT2D eigenvalue weighted by Gasteiger charge is -2.11. The average molecular weight is 469 g/mol. The number of halogens is 2.